The van der Waals surface area contributed by atoms with Gasteiger partial charge >= 0.3 is 11.7 Å². The summed E-state index contributed by atoms with van der Waals surface area (Å²) in [5, 5.41) is 0. The van der Waals surface area contributed by atoms with Crippen molar-refractivity contribution in [2.45, 2.75) is 26.3 Å². The maximum atomic E-state index is 12.0. The third-order valence-corrected chi connectivity index (χ3v) is 4.18. The Morgan fingerprint density at radius 2 is 2.00 bits per heavy atom. The molecule has 0 aliphatic heterocycles. The van der Waals surface area contributed by atoms with E-state index in [4.69, 9.17) is 13.9 Å². The average molecular weight is 355 g/mol. The minimum atomic E-state index is -0.399. The highest BCUT2D eigenvalue weighted by Crippen LogP contribution is 2.19. The van der Waals surface area contributed by atoms with Crippen LogP contribution in [0.15, 0.2) is 51.7 Å². The summed E-state index contributed by atoms with van der Waals surface area (Å²) < 4.78 is 17.3. The molecule has 2 aromatic carbocycles. The number of methoxy groups -OCH3 is 1. The van der Waals surface area contributed by atoms with Gasteiger partial charge in [0.15, 0.2) is 5.58 Å². The Bertz CT molecular complexity index is 970. The zero-order valence-corrected chi connectivity index (χ0v) is 14.9. The molecule has 0 spiro atoms. The Morgan fingerprint density at radius 3 is 2.81 bits per heavy atom. The van der Waals surface area contributed by atoms with E-state index in [2.05, 4.69) is 0 Å². The predicted molar refractivity (Wildman–Crippen MR) is 97.5 cm³/mol. The maximum absolute atomic E-state index is 12.0. The second-order valence-electron chi connectivity index (χ2n) is 6.04. The van der Waals surface area contributed by atoms with Gasteiger partial charge in [-0.1, -0.05) is 24.3 Å². The molecule has 3 rings (SSSR count). The van der Waals surface area contributed by atoms with Gasteiger partial charge in [0, 0.05) is 6.54 Å². The van der Waals surface area contributed by atoms with Crippen molar-refractivity contribution < 1.29 is 18.7 Å². The molecule has 0 radical (unpaired) electrons. The molecule has 136 valence electrons. The van der Waals surface area contributed by atoms with Gasteiger partial charge in [0.25, 0.3) is 0 Å². The summed E-state index contributed by atoms with van der Waals surface area (Å²) in [6.07, 6.45) is 0.720. The predicted octanol–water partition coefficient (Wildman–Crippen LogP) is 3.09. The van der Waals surface area contributed by atoms with Gasteiger partial charge < -0.3 is 13.9 Å². The summed E-state index contributed by atoms with van der Waals surface area (Å²) in [7, 11) is 1.60. The lowest BCUT2D eigenvalue weighted by Crippen LogP contribution is -2.16. The topological polar surface area (TPSA) is 70.7 Å². The molecule has 6 heteroatoms. The van der Waals surface area contributed by atoms with E-state index in [0.717, 1.165) is 22.4 Å². The van der Waals surface area contributed by atoms with Crippen molar-refractivity contribution in [2.24, 2.45) is 0 Å². The van der Waals surface area contributed by atoms with Gasteiger partial charge in [0.1, 0.15) is 5.75 Å². The van der Waals surface area contributed by atoms with Crippen molar-refractivity contribution in [1.82, 2.24) is 4.57 Å². The monoisotopic (exact) mass is 355 g/mol. The number of carbonyl (C=O) groups is 1. The highest BCUT2D eigenvalue weighted by atomic mass is 16.5. The molecular weight excluding hydrogens is 334 g/mol. The van der Waals surface area contributed by atoms with E-state index >= 15 is 0 Å². The number of hydrogen-bond donors (Lipinski definition) is 0. The summed E-state index contributed by atoms with van der Waals surface area (Å²) in [6.45, 7) is 2.62. The van der Waals surface area contributed by atoms with E-state index in [-0.39, 0.29) is 19.0 Å². The number of carbonyl (C=O) groups excluding carboxylic acids is 1. The van der Waals surface area contributed by atoms with Crippen LogP contribution in [0.5, 0.6) is 5.75 Å². The van der Waals surface area contributed by atoms with Gasteiger partial charge in [0.05, 0.1) is 25.7 Å². The quantitative estimate of drug-likeness (QED) is 0.481. The number of ether oxygens (including phenoxy) is 2. The molecule has 0 bridgehead atoms. The van der Waals surface area contributed by atoms with Crippen molar-refractivity contribution in [3.8, 4) is 5.75 Å². The van der Waals surface area contributed by atoms with Crippen LogP contribution in [0.3, 0.4) is 0 Å². The molecule has 3 aromatic rings. The molecule has 0 fully saturated rings. The second kappa shape index (κ2) is 7.91. The third kappa shape index (κ3) is 3.96. The number of nitrogens with zero attached hydrogens (tertiary/aromatic N) is 1. The standard InChI is InChI=1S/C20H21NO5/c1-14-8-9-15(12-18(14)24-2)13-19(22)25-11-5-10-21-16-6-3-4-7-17(16)26-20(21)23/h3-4,6-9,12H,5,10-11,13H2,1-2H3. The lowest BCUT2D eigenvalue weighted by molar-refractivity contribution is -0.142. The fraction of sp³-hybridized carbons (Fsp3) is 0.300. The fourth-order valence-electron chi connectivity index (χ4n) is 2.83. The Morgan fingerprint density at radius 1 is 1.19 bits per heavy atom. The van der Waals surface area contributed by atoms with Crippen molar-refractivity contribution in [3.63, 3.8) is 0 Å². The van der Waals surface area contributed by atoms with Crippen molar-refractivity contribution in [3.05, 3.63) is 64.1 Å². The van der Waals surface area contributed by atoms with Gasteiger partial charge in [-0.15, -0.1) is 0 Å². The van der Waals surface area contributed by atoms with Crippen molar-refractivity contribution >= 4 is 17.1 Å². The van der Waals surface area contributed by atoms with Crippen LogP contribution in [0.1, 0.15) is 17.5 Å². The summed E-state index contributed by atoms with van der Waals surface area (Å²) in [5.74, 6) is 0.0473. The molecule has 6 nitrogen and oxygen atoms in total. The number of rotatable bonds is 7. The summed E-state index contributed by atoms with van der Waals surface area (Å²) in [5.41, 5.74) is 3.16. The molecule has 0 atom stereocenters. The number of para-hydroxylation sites is 2. The van der Waals surface area contributed by atoms with Crippen LogP contribution in [-0.2, 0) is 22.5 Å². The van der Waals surface area contributed by atoms with E-state index in [1.807, 2.05) is 43.3 Å². The number of fused-ring (bicyclic) bond motifs is 1. The summed E-state index contributed by atoms with van der Waals surface area (Å²) >= 11 is 0. The molecule has 0 aliphatic rings. The normalized spacial score (nSPS) is 10.8. The molecule has 0 saturated heterocycles. The molecule has 0 unspecified atom stereocenters. The SMILES string of the molecule is COc1cc(CC(=O)OCCCn2c(=O)oc3ccccc32)ccc1C. The first-order valence-corrected chi connectivity index (χ1v) is 8.46. The number of aryl methyl sites for hydroxylation is 2. The van der Waals surface area contributed by atoms with Gasteiger partial charge in [-0.3, -0.25) is 9.36 Å². The zero-order valence-electron chi connectivity index (χ0n) is 14.9. The lowest BCUT2D eigenvalue weighted by Gasteiger charge is -2.08. The number of hydrogen-bond acceptors (Lipinski definition) is 5. The maximum Gasteiger partial charge on any atom is 0.419 e. The highest BCUT2D eigenvalue weighted by Gasteiger charge is 2.10. The van der Waals surface area contributed by atoms with Crippen LogP contribution in [0, 0.1) is 6.92 Å². The smallest absolute Gasteiger partial charge is 0.419 e. The molecule has 1 heterocycles. The minimum absolute atomic E-state index is 0.186. The van der Waals surface area contributed by atoms with Crippen LogP contribution >= 0.6 is 0 Å². The number of aromatic nitrogens is 1. The first-order chi connectivity index (χ1) is 12.6. The van der Waals surface area contributed by atoms with E-state index in [9.17, 15) is 9.59 Å². The van der Waals surface area contributed by atoms with Gasteiger partial charge in [-0.25, -0.2) is 4.79 Å². The highest BCUT2D eigenvalue weighted by molar-refractivity contribution is 5.73. The van der Waals surface area contributed by atoms with Gasteiger partial charge in [0.2, 0.25) is 0 Å². The van der Waals surface area contributed by atoms with Crippen LogP contribution < -0.4 is 10.5 Å². The van der Waals surface area contributed by atoms with Crippen LogP contribution in [0.2, 0.25) is 0 Å². The van der Waals surface area contributed by atoms with E-state index in [1.54, 1.807) is 17.7 Å². The summed E-state index contributed by atoms with van der Waals surface area (Å²) in [4.78, 5) is 23.9. The Kier molecular flexibility index (Phi) is 5.41. The Labute approximate surface area is 150 Å². The average Bonchev–Trinajstić information content (AvgIpc) is 2.95. The van der Waals surface area contributed by atoms with Crippen molar-refractivity contribution in [2.75, 3.05) is 13.7 Å². The molecule has 0 saturated carbocycles. The van der Waals surface area contributed by atoms with Gasteiger partial charge in [-0.2, -0.15) is 0 Å². The van der Waals surface area contributed by atoms with Crippen LogP contribution in [-0.4, -0.2) is 24.3 Å². The molecule has 26 heavy (non-hydrogen) atoms. The molecule has 0 N–H and O–H groups in total. The molecule has 1 aromatic heterocycles. The van der Waals surface area contributed by atoms with E-state index < -0.39 is 5.76 Å². The molecule has 0 aliphatic carbocycles. The molecular formula is C20H21NO5. The Hall–Kier alpha value is -3.02. The van der Waals surface area contributed by atoms with Crippen molar-refractivity contribution in [1.29, 1.82) is 0 Å². The zero-order chi connectivity index (χ0) is 18.5. The fourth-order valence-corrected chi connectivity index (χ4v) is 2.83. The lowest BCUT2D eigenvalue weighted by atomic mass is 10.1. The van der Waals surface area contributed by atoms with E-state index in [1.165, 1.54) is 0 Å². The first kappa shape index (κ1) is 17.8. The number of esters is 1. The number of oxazole rings is 1. The molecule has 0 amide bonds. The second-order valence-corrected chi connectivity index (χ2v) is 6.04. The largest absolute Gasteiger partial charge is 0.496 e. The van der Waals surface area contributed by atoms with Gasteiger partial charge in [-0.05, 0) is 42.7 Å². The first-order valence-electron chi connectivity index (χ1n) is 8.46. The number of benzene rings is 2. The minimum Gasteiger partial charge on any atom is -0.496 e. The van der Waals surface area contributed by atoms with Crippen LogP contribution in [0.25, 0.3) is 11.1 Å². The summed E-state index contributed by atoms with van der Waals surface area (Å²) in [6, 6.07) is 12.9. The Balaban J connectivity index is 1.51. The van der Waals surface area contributed by atoms with E-state index in [0.29, 0.717) is 18.5 Å². The third-order valence-electron chi connectivity index (χ3n) is 4.18. The van der Waals surface area contributed by atoms with Crippen LogP contribution in [0.4, 0.5) is 0 Å².